The summed E-state index contributed by atoms with van der Waals surface area (Å²) < 4.78 is 17.3. The molecule has 1 heterocycles. The molecule has 1 aliphatic heterocycles. The fourth-order valence-electron chi connectivity index (χ4n) is 2.62. The van der Waals surface area contributed by atoms with E-state index in [-0.39, 0.29) is 12.5 Å². The second kappa shape index (κ2) is 10.1. The third-order valence-electron chi connectivity index (χ3n) is 4.18. The zero-order chi connectivity index (χ0) is 21.7. The van der Waals surface area contributed by atoms with Crippen molar-refractivity contribution >= 4 is 62.2 Å². The van der Waals surface area contributed by atoms with E-state index in [4.69, 9.17) is 21.7 Å². The molecule has 0 radical (unpaired) electrons. The van der Waals surface area contributed by atoms with Gasteiger partial charge < -0.3 is 14.2 Å². The number of rotatable bonds is 7. The summed E-state index contributed by atoms with van der Waals surface area (Å²) in [6.45, 7) is 0.194. The lowest BCUT2D eigenvalue weighted by Gasteiger charge is -2.12. The van der Waals surface area contributed by atoms with E-state index in [0.717, 1.165) is 27.4 Å². The van der Waals surface area contributed by atoms with Crippen molar-refractivity contribution in [2.24, 2.45) is 0 Å². The molecule has 2 aromatic carbocycles. The average molecular weight is 508 g/mol. The molecule has 0 bridgehead atoms. The maximum Gasteiger partial charge on any atom is 0.325 e. The molecule has 9 heteroatoms. The van der Waals surface area contributed by atoms with Crippen LogP contribution in [0.1, 0.15) is 11.1 Å². The largest absolute Gasteiger partial charge is 0.493 e. The number of amides is 1. The van der Waals surface area contributed by atoms with Crippen molar-refractivity contribution < 1.29 is 23.8 Å². The fraction of sp³-hybridized carbons (Fsp3) is 0.190. The van der Waals surface area contributed by atoms with E-state index >= 15 is 0 Å². The van der Waals surface area contributed by atoms with Crippen LogP contribution >= 0.6 is 39.9 Å². The topological polar surface area (TPSA) is 65.1 Å². The highest BCUT2D eigenvalue weighted by Crippen LogP contribution is 2.35. The third-order valence-corrected chi connectivity index (χ3v) is 6.09. The van der Waals surface area contributed by atoms with E-state index in [1.165, 1.54) is 12.0 Å². The lowest BCUT2D eigenvalue weighted by Crippen LogP contribution is -2.33. The zero-order valence-electron chi connectivity index (χ0n) is 16.2. The number of thioether (sulfide) groups is 1. The molecule has 3 rings (SSSR count). The number of benzene rings is 2. The molecule has 2 aromatic rings. The molecular formula is C21H18BrNO5S2. The molecule has 1 fully saturated rings. The van der Waals surface area contributed by atoms with Gasteiger partial charge in [-0.25, -0.2) is 0 Å². The molecule has 1 saturated heterocycles. The van der Waals surface area contributed by atoms with Crippen molar-refractivity contribution in [1.82, 2.24) is 4.90 Å². The molecule has 0 saturated carbocycles. The Morgan fingerprint density at radius 1 is 1.17 bits per heavy atom. The maximum atomic E-state index is 12.6. The Balaban J connectivity index is 1.74. The molecule has 0 aromatic heterocycles. The van der Waals surface area contributed by atoms with Gasteiger partial charge in [-0.05, 0) is 41.5 Å². The second-order valence-corrected chi connectivity index (χ2v) is 8.76. The van der Waals surface area contributed by atoms with Crippen molar-refractivity contribution in [3.05, 3.63) is 63.0 Å². The van der Waals surface area contributed by atoms with Gasteiger partial charge in [0.1, 0.15) is 17.5 Å². The Morgan fingerprint density at radius 2 is 1.90 bits per heavy atom. The highest BCUT2D eigenvalue weighted by Gasteiger charge is 2.33. The molecule has 0 spiro atoms. The first-order chi connectivity index (χ1) is 14.4. The van der Waals surface area contributed by atoms with Crippen LogP contribution in [0.2, 0.25) is 0 Å². The number of carbonyl (C=O) groups is 2. The van der Waals surface area contributed by atoms with E-state index in [9.17, 15) is 9.59 Å². The summed E-state index contributed by atoms with van der Waals surface area (Å²) in [6.07, 6.45) is 1.71. The van der Waals surface area contributed by atoms with Gasteiger partial charge in [-0.3, -0.25) is 14.5 Å². The molecule has 0 atom stereocenters. The monoisotopic (exact) mass is 507 g/mol. The number of nitrogens with zero attached hydrogens (tertiary/aromatic N) is 1. The smallest absolute Gasteiger partial charge is 0.325 e. The van der Waals surface area contributed by atoms with Gasteiger partial charge in [-0.15, -0.1) is 0 Å². The highest BCUT2D eigenvalue weighted by atomic mass is 79.9. The Labute approximate surface area is 192 Å². The Bertz CT molecular complexity index is 1010. The molecule has 156 valence electrons. The van der Waals surface area contributed by atoms with Crippen LogP contribution in [0.3, 0.4) is 0 Å². The number of ether oxygens (including phenoxy) is 3. The van der Waals surface area contributed by atoms with Gasteiger partial charge >= 0.3 is 5.97 Å². The minimum Gasteiger partial charge on any atom is -0.493 e. The molecule has 0 aliphatic carbocycles. The number of halogens is 1. The predicted octanol–water partition coefficient (Wildman–Crippen LogP) is 4.41. The second-order valence-electron chi connectivity index (χ2n) is 6.17. The van der Waals surface area contributed by atoms with E-state index in [0.29, 0.717) is 27.3 Å². The Morgan fingerprint density at radius 3 is 2.57 bits per heavy atom. The van der Waals surface area contributed by atoms with Gasteiger partial charge in [0.15, 0.2) is 11.5 Å². The summed E-state index contributed by atoms with van der Waals surface area (Å²) in [7, 11) is 2.82. The fourth-order valence-corrected chi connectivity index (χ4v) is 4.14. The standard InChI is InChI=1S/C21H18BrNO5S2/c1-26-17-9-14(5-8-16(17)28-12-13-3-6-15(22)7-4-13)10-18-20(25)23(21(29)30-18)11-19(24)27-2/h3-10H,11-12H2,1-2H3/b18-10-. The molecule has 30 heavy (non-hydrogen) atoms. The molecule has 6 nitrogen and oxygen atoms in total. The van der Waals surface area contributed by atoms with Crippen molar-refractivity contribution in [3.8, 4) is 11.5 Å². The van der Waals surface area contributed by atoms with Gasteiger partial charge in [-0.2, -0.15) is 0 Å². The SMILES string of the molecule is COC(=O)CN1C(=O)/C(=C/c2ccc(OCc3ccc(Br)cc3)c(OC)c2)SC1=S. The number of methoxy groups -OCH3 is 2. The van der Waals surface area contributed by atoms with Gasteiger partial charge in [0.05, 0.1) is 19.1 Å². The summed E-state index contributed by atoms with van der Waals surface area (Å²) in [6, 6.07) is 13.3. The summed E-state index contributed by atoms with van der Waals surface area (Å²) in [4.78, 5) is 25.7. The van der Waals surface area contributed by atoms with Crippen LogP contribution in [-0.2, 0) is 20.9 Å². The van der Waals surface area contributed by atoms with Crippen LogP contribution in [0, 0.1) is 0 Å². The number of hydrogen-bond acceptors (Lipinski definition) is 7. The minimum absolute atomic E-state index is 0.204. The highest BCUT2D eigenvalue weighted by molar-refractivity contribution is 9.10. The van der Waals surface area contributed by atoms with Crippen molar-refractivity contribution in [2.75, 3.05) is 20.8 Å². The van der Waals surface area contributed by atoms with Gasteiger partial charge in [0.2, 0.25) is 0 Å². The zero-order valence-corrected chi connectivity index (χ0v) is 19.4. The first-order valence-corrected chi connectivity index (χ1v) is 10.8. The van der Waals surface area contributed by atoms with Crippen LogP contribution in [-0.4, -0.2) is 41.9 Å². The van der Waals surface area contributed by atoms with Crippen LogP contribution in [0.25, 0.3) is 6.08 Å². The van der Waals surface area contributed by atoms with E-state index in [1.807, 2.05) is 30.3 Å². The summed E-state index contributed by atoms with van der Waals surface area (Å²) in [5.41, 5.74) is 1.78. The lowest BCUT2D eigenvalue weighted by atomic mass is 10.1. The third kappa shape index (κ3) is 5.41. The molecular weight excluding hydrogens is 490 g/mol. The number of thiocarbonyl (C=S) groups is 1. The molecule has 0 unspecified atom stereocenters. The van der Waals surface area contributed by atoms with Gasteiger partial charge in [0.25, 0.3) is 5.91 Å². The Hall–Kier alpha value is -2.36. The van der Waals surface area contributed by atoms with Crippen LogP contribution in [0.4, 0.5) is 0 Å². The Kier molecular flexibility index (Phi) is 7.52. The van der Waals surface area contributed by atoms with Crippen molar-refractivity contribution in [2.45, 2.75) is 6.61 Å². The summed E-state index contributed by atoms with van der Waals surface area (Å²) in [5.74, 6) is 0.285. The first kappa shape index (κ1) is 22.3. The summed E-state index contributed by atoms with van der Waals surface area (Å²) >= 11 is 9.76. The predicted molar refractivity (Wildman–Crippen MR) is 123 cm³/mol. The number of esters is 1. The van der Waals surface area contributed by atoms with Gasteiger partial charge in [-0.1, -0.05) is 58.1 Å². The molecule has 1 amide bonds. The van der Waals surface area contributed by atoms with Crippen LogP contribution in [0.5, 0.6) is 11.5 Å². The van der Waals surface area contributed by atoms with Gasteiger partial charge in [0, 0.05) is 4.47 Å². The van der Waals surface area contributed by atoms with E-state index in [1.54, 1.807) is 25.3 Å². The maximum absolute atomic E-state index is 12.6. The molecule has 1 aliphatic rings. The van der Waals surface area contributed by atoms with E-state index < -0.39 is 5.97 Å². The molecule has 0 N–H and O–H groups in total. The van der Waals surface area contributed by atoms with E-state index in [2.05, 4.69) is 20.7 Å². The number of hydrogen-bond donors (Lipinski definition) is 0. The number of carbonyl (C=O) groups excluding carboxylic acids is 2. The average Bonchev–Trinajstić information content (AvgIpc) is 3.00. The first-order valence-electron chi connectivity index (χ1n) is 8.78. The van der Waals surface area contributed by atoms with Crippen LogP contribution < -0.4 is 9.47 Å². The minimum atomic E-state index is -0.526. The lowest BCUT2D eigenvalue weighted by molar-refractivity contribution is -0.143. The van der Waals surface area contributed by atoms with Crippen LogP contribution in [0.15, 0.2) is 51.8 Å². The van der Waals surface area contributed by atoms with Crippen molar-refractivity contribution in [1.29, 1.82) is 0 Å². The van der Waals surface area contributed by atoms with Crippen molar-refractivity contribution in [3.63, 3.8) is 0 Å². The summed E-state index contributed by atoms with van der Waals surface area (Å²) in [5, 5.41) is 0. The quantitative estimate of drug-likeness (QED) is 0.312. The normalized spacial score (nSPS) is 14.9.